The highest BCUT2D eigenvalue weighted by Gasteiger charge is 2.18. The zero-order valence-corrected chi connectivity index (χ0v) is 12.0. The van der Waals surface area contributed by atoms with Crippen LogP contribution in [0.1, 0.15) is 0 Å². The maximum Gasteiger partial charge on any atom is 0.194 e. The lowest BCUT2D eigenvalue weighted by molar-refractivity contribution is 0.582. The van der Waals surface area contributed by atoms with E-state index in [4.69, 9.17) is 21.8 Å². The molecule has 0 amide bonds. The van der Waals surface area contributed by atoms with Crippen LogP contribution < -0.4 is 5.73 Å². The van der Waals surface area contributed by atoms with Crippen molar-refractivity contribution in [3.63, 3.8) is 0 Å². The first-order valence-corrected chi connectivity index (χ1v) is 6.68. The molecular weight excluding hydrogens is 330 g/mol. The number of nitrogen functional groups attached to an aromatic ring is 1. The highest BCUT2D eigenvalue weighted by molar-refractivity contribution is 9.10. The Bertz CT molecular complexity index is 735. The average molecular weight is 339 g/mol. The number of halogens is 2. The molecule has 4 nitrogen and oxygen atoms in total. The number of hydrogen-bond acceptors (Lipinski definition) is 3. The molecule has 0 bridgehead atoms. The minimum absolute atomic E-state index is 0.321. The molecule has 0 saturated carbocycles. The Morgan fingerprint density at radius 2 is 2.00 bits per heavy atom. The molecule has 0 aliphatic carbocycles. The van der Waals surface area contributed by atoms with Gasteiger partial charge in [0.15, 0.2) is 16.8 Å². The molecule has 0 fully saturated rings. The first kappa shape index (κ1) is 12.3. The van der Waals surface area contributed by atoms with Gasteiger partial charge in [-0.3, -0.25) is 5.10 Å². The number of nitrogens with two attached hydrogens (primary N) is 1. The van der Waals surface area contributed by atoms with Gasteiger partial charge in [0.2, 0.25) is 0 Å². The number of H-pyrrole nitrogens is 1. The second-order valence-corrected chi connectivity index (χ2v) is 5.17. The standard InChI is InChI=1S/C13H9BrClN3O/c14-8-4-2-1-3-7(8)11-12(17-18-13(11)16)9-5-6-10(15)19-9/h1-6H,(H3,16,17,18). The van der Waals surface area contributed by atoms with Gasteiger partial charge in [-0.05, 0) is 29.8 Å². The molecule has 19 heavy (non-hydrogen) atoms. The molecule has 0 aliphatic rings. The second-order valence-electron chi connectivity index (χ2n) is 3.94. The van der Waals surface area contributed by atoms with Crippen molar-refractivity contribution in [2.45, 2.75) is 0 Å². The van der Waals surface area contributed by atoms with Crippen LogP contribution in [0.4, 0.5) is 5.82 Å². The molecule has 2 heterocycles. The molecule has 0 atom stereocenters. The lowest BCUT2D eigenvalue weighted by Gasteiger charge is -2.05. The summed E-state index contributed by atoms with van der Waals surface area (Å²) in [5.74, 6) is 1.01. The molecule has 0 unspecified atom stereocenters. The van der Waals surface area contributed by atoms with Gasteiger partial charge in [-0.15, -0.1) is 0 Å². The van der Waals surface area contributed by atoms with Gasteiger partial charge in [0.1, 0.15) is 5.69 Å². The maximum atomic E-state index is 5.95. The summed E-state index contributed by atoms with van der Waals surface area (Å²) in [5.41, 5.74) is 8.38. The van der Waals surface area contributed by atoms with E-state index in [1.807, 2.05) is 24.3 Å². The Kier molecular flexibility index (Phi) is 3.08. The molecule has 0 saturated heterocycles. The Hall–Kier alpha value is -1.72. The van der Waals surface area contributed by atoms with Gasteiger partial charge in [-0.25, -0.2) is 0 Å². The van der Waals surface area contributed by atoms with E-state index in [0.717, 1.165) is 15.6 Å². The predicted molar refractivity (Wildman–Crippen MR) is 78.8 cm³/mol. The van der Waals surface area contributed by atoms with E-state index in [-0.39, 0.29) is 0 Å². The summed E-state index contributed by atoms with van der Waals surface area (Å²) >= 11 is 9.32. The van der Waals surface area contributed by atoms with E-state index in [0.29, 0.717) is 22.5 Å². The van der Waals surface area contributed by atoms with Crippen LogP contribution in [0.25, 0.3) is 22.6 Å². The number of aromatic amines is 1. The van der Waals surface area contributed by atoms with Gasteiger partial charge in [-0.2, -0.15) is 5.10 Å². The molecule has 3 aromatic rings. The summed E-state index contributed by atoms with van der Waals surface area (Å²) in [6.45, 7) is 0. The van der Waals surface area contributed by atoms with Crippen molar-refractivity contribution < 1.29 is 4.42 Å². The number of rotatable bonds is 2. The molecule has 6 heteroatoms. The van der Waals surface area contributed by atoms with Gasteiger partial charge < -0.3 is 10.2 Å². The SMILES string of the molecule is Nc1n[nH]c(-c2ccc(Cl)o2)c1-c1ccccc1Br. The van der Waals surface area contributed by atoms with E-state index in [2.05, 4.69) is 26.1 Å². The van der Waals surface area contributed by atoms with Crippen LogP contribution in [0.15, 0.2) is 45.3 Å². The minimum Gasteiger partial charge on any atom is -0.443 e. The number of nitrogens with zero attached hydrogens (tertiary/aromatic N) is 1. The lowest BCUT2D eigenvalue weighted by Crippen LogP contribution is -1.89. The maximum absolute atomic E-state index is 5.95. The van der Waals surface area contributed by atoms with Gasteiger partial charge >= 0.3 is 0 Å². The van der Waals surface area contributed by atoms with Crippen LogP contribution >= 0.6 is 27.5 Å². The predicted octanol–water partition coefficient (Wildman–Crippen LogP) is 4.33. The fourth-order valence-electron chi connectivity index (χ4n) is 1.92. The topological polar surface area (TPSA) is 67.8 Å². The zero-order chi connectivity index (χ0) is 13.4. The van der Waals surface area contributed by atoms with Crippen molar-refractivity contribution in [3.8, 4) is 22.6 Å². The Morgan fingerprint density at radius 3 is 2.68 bits per heavy atom. The van der Waals surface area contributed by atoms with Gasteiger partial charge in [0.05, 0.1) is 5.56 Å². The minimum atomic E-state index is 0.321. The molecule has 0 spiro atoms. The van der Waals surface area contributed by atoms with Crippen LogP contribution in [-0.2, 0) is 0 Å². The van der Waals surface area contributed by atoms with Crippen molar-refractivity contribution >= 4 is 33.3 Å². The quantitative estimate of drug-likeness (QED) is 0.730. The monoisotopic (exact) mass is 337 g/mol. The Balaban J connectivity index is 2.22. The van der Waals surface area contributed by atoms with Crippen molar-refractivity contribution in [1.82, 2.24) is 10.2 Å². The normalized spacial score (nSPS) is 10.8. The summed E-state index contributed by atoms with van der Waals surface area (Å²) < 4.78 is 6.34. The number of anilines is 1. The van der Waals surface area contributed by atoms with Crippen LogP contribution in [-0.4, -0.2) is 10.2 Å². The van der Waals surface area contributed by atoms with Gasteiger partial charge in [-0.1, -0.05) is 34.1 Å². The third kappa shape index (κ3) is 2.15. The third-order valence-corrected chi connectivity index (χ3v) is 3.65. The van der Waals surface area contributed by atoms with Crippen LogP contribution in [0, 0.1) is 0 Å². The number of nitrogens with one attached hydrogen (secondary N) is 1. The summed E-state index contributed by atoms with van der Waals surface area (Å²) in [4.78, 5) is 0. The van der Waals surface area contributed by atoms with E-state index in [1.54, 1.807) is 12.1 Å². The van der Waals surface area contributed by atoms with E-state index in [9.17, 15) is 0 Å². The van der Waals surface area contributed by atoms with Crippen LogP contribution in [0.5, 0.6) is 0 Å². The summed E-state index contributed by atoms with van der Waals surface area (Å²) in [7, 11) is 0. The highest BCUT2D eigenvalue weighted by Crippen LogP contribution is 2.39. The molecule has 3 rings (SSSR count). The molecule has 0 radical (unpaired) electrons. The number of aromatic nitrogens is 2. The smallest absolute Gasteiger partial charge is 0.194 e. The van der Waals surface area contributed by atoms with E-state index < -0.39 is 0 Å². The average Bonchev–Trinajstić information content (AvgIpc) is 2.96. The summed E-state index contributed by atoms with van der Waals surface area (Å²) in [5, 5.41) is 7.25. The fourth-order valence-corrected chi connectivity index (χ4v) is 2.55. The number of furan rings is 1. The van der Waals surface area contributed by atoms with Gasteiger partial charge in [0, 0.05) is 10.0 Å². The van der Waals surface area contributed by atoms with Gasteiger partial charge in [0.25, 0.3) is 0 Å². The molecule has 2 aromatic heterocycles. The highest BCUT2D eigenvalue weighted by atomic mass is 79.9. The largest absolute Gasteiger partial charge is 0.443 e. The van der Waals surface area contributed by atoms with Crippen LogP contribution in [0.2, 0.25) is 5.22 Å². The third-order valence-electron chi connectivity index (χ3n) is 2.76. The van der Waals surface area contributed by atoms with Crippen molar-refractivity contribution in [1.29, 1.82) is 0 Å². The molecular formula is C13H9BrClN3O. The van der Waals surface area contributed by atoms with Crippen molar-refractivity contribution in [2.24, 2.45) is 0 Å². The van der Waals surface area contributed by atoms with Crippen LogP contribution in [0.3, 0.4) is 0 Å². The fraction of sp³-hybridized carbons (Fsp3) is 0. The first-order valence-electron chi connectivity index (χ1n) is 5.51. The molecule has 1 aromatic carbocycles. The Morgan fingerprint density at radius 1 is 1.21 bits per heavy atom. The van der Waals surface area contributed by atoms with E-state index in [1.165, 1.54) is 0 Å². The second kappa shape index (κ2) is 4.75. The van der Waals surface area contributed by atoms with Crippen molar-refractivity contribution in [3.05, 3.63) is 46.1 Å². The molecule has 96 valence electrons. The molecule has 3 N–H and O–H groups in total. The Labute approximate surface area is 122 Å². The number of hydrogen-bond donors (Lipinski definition) is 2. The lowest BCUT2D eigenvalue weighted by atomic mass is 10.0. The van der Waals surface area contributed by atoms with E-state index >= 15 is 0 Å². The zero-order valence-electron chi connectivity index (χ0n) is 9.65. The van der Waals surface area contributed by atoms with Crippen molar-refractivity contribution in [2.75, 3.05) is 5.73 Å². The molecule has 0 aliphatic heterocycles. The number of benzene rings is 1. The summed E-state index contributed by atoms with van der Waals surface area (Å²) in [6.07, 6.45) is 0. The first-order chi connectivity index (χ1) is 9.16. The summed E-state index contributed by atoms with van der Waals surface area (Å²) in [6, 6.07) is 11.2.